The zero-order valence-electron chi connectivity index (χ0n) is 31.3. The number of aliphatic hydroxyl groups is 2. The van der Waals surface area contributed by atoms with E-state index in [1.54, 1.807) is 0 Å². The quantitative estimate of drug-likeness (QED) is 0.0375. The van der Waals surface area contributed by atoms with Crippen LogP contribution in [0.3, 0.4) is 0 Å². The zero-order chi connectivity index (χ0) is 44.5. The fraction of sp³-hybridized carbons (Fsp3) is 0.333. The van der Waals surface area contributed by atoms with Crippen LogP contribution in [0, 0.1) is 0 Å². The second kappa shape index (κ2) is 19.7. The number of nitrogens with one attached hydrogen (secondary N) is 6. The van der Waals surface area contributed by atoms with Gasteiger partial charge in [-0.3, -0.25) is 18.2 Å². The lowest BCUT2D eigenvalue weighted by molar-refractivity contribution is 0.207. The monoisotopic (exact) mass is 920 g/mol. The minimum atomic E-state index is -4.96. The van der Waals surface area contributed by atoms with Crippen molar-refractivity contribution in [3.05, 3.63) is 47.5 Å². The lowest BCUT2D eigenvalue weighted by atomic mass is 10.1. The van der Waals surface area contributed by atoms with Crippen LogP contribution in [-0.2, 0) is 40.5 Å². The first kappa shape index (κ1) is 47.2. The summed E-state index contributed by atoms with van der Waals surface area (Å²) in [4.78, 5) is 23.2. The lowest BCUT2D eigenvalue weighted by Crippen LogP contribution is -2.20. The van der Waals surface area contributed by atoms with E-state index in [4.69, 9.17) is 9.11 Å². The Kier molecular flexibility index (Phi) is 15.5. The molecule has 2 atom stereocenters. The van der Waals surface area contributed by atoms with Crippen LogP contribution >= 0.6 is 0 Å². The molecule has 26 nitrogen and oxygen atoms in total. The summed E-state index contributed by atoms with van der Waals surface area (Å²) in [5.41, 5.74) is -0.287. The van der Waals surface area contributed by atoms with E-state index in [-0.39, 0.29) is 84.4 Å². The van der Waals surface area contributed by atoms with Crippen molar-refractivity contribution in [1.29, 1.82) is 0 Å². The van der Waals surface area contributed by atoms with E-state index in [2.05, 4.69) is 61.8 Å². The Labute approximate surface area is 343 Å². The molecule has 0 spiro atoms. The molecular formula is C30H40N12O14S4. The summed E-state index contributed by atoms with van der Waals surface area (Å²) in [6, 6.07) is 7.14. The van der Waals surface area contributed by atoms with Crippen molar-refractivity contribution in [2.24, 2.45) is 0 Å². The Hall–Kier alpha value is -5.44. The molecule has 0 aliphatic carbocycles. The SMILES string of the molecule is CC(O)CNc1nc(NCCS(=O)(=O)O)nc(Nc2ccc(/C=C/c3ccc(Nc4nc(NCCS(=O)(=O)O)nc(NCC(C)O)n4)cc3S(=O)(=O)O)c(S(=O)(=O)O)c2)n1. The summed E-state index contributed by atoms with van der Waals surface area (Å²) in [5, 5.41) is 35.4. The highest BCUT2D eigenvalue weighted by atomic mass is 32.2. The van der Waals surface area contributed by atoms with E-state index in [0.717, 1.165) is 24.3 Å². The van der Waals surface area contributed by atoms with E-state index in [9.17, 15) is 53.0 Å². The highest BCUT2D eigenvalue weighted by molar-refractivity contribution is 7.86. The molecule has 12 N–H and O–H groups in total. The van der Waals surface area contributed by atoms with Crippen LogP contribution in [0.15, 0.2) is 46.2 Å². The van der Waals surface area contributed by atoms with E-state index in [0.29, 0.717) is 0 Å². The van der Waals surface area contributed by atoms with E-state index in [1.807, 2.05) is 0 Å². The normalized spacial score (nSPS) is 13.4. The Morgan fingerprint density at radius 1 is 0.517 bits per heavy atom. The number of hydrogen-bond acceptors (Lipinski definition) is 22. The fourth-order valence-corrected chi connectivity index (χ4v) is 6.77. The third-order valence-electron chi connectivity index (χ3n) is 7.21. The van der Waals surface area contributed by atoms with Crippen molar-refractivity contribution in [2.45, 2.75) is 35.8 Å². The van der Waals surface area contributed by atoms with Gasteiger partial charge in [-0.05, 0) is 49.2 Å². The van der Waals surface area contributed by atoms with Crippen LogP contribution in [0.25, 0.3) is 12.2 Å². The molecule has 2 aromatic carbocycles. The molecule has 0 radical (unpaired) electrons. The Morgan fingerprint density at radius 3 is 1.13 bits per heavy atom. The van der Waals surface area contributed by atoms with E-state index in [1.165, 1.54) is 38.1 Å². The van der Waals surface area contributed by atoms with Crippen LogP contribution in [-0.4, -0.2) is 142 Å². The number of aromatic nitrogens is 6. The standard InChI is InChI=1S/C30H40N12O14S4/c1-17(43)15-33-27-37-25(31-9-11-57(45,46)47)39-29(41-27)35-21-7-5-19(23(13-21)59(51,52)53)3-4-20-6-8-22(14-24(20)60(54,55)56)36-30-40-26(32-10-12-58(48,49)50)38-28(42-30)34-16-18(2)44/h3-8,13-14,17-18,43-44H,9-12,15-16H2,1-2H3,(H,45,46,47)(H,48,49,50)(H,51,52,53)(H,54,55,56)(H3,31,33,35,37,39,41)(H3,32,34,36,38,40,42)/b4-3+. The van der Waals surface area contributed by atoms with Gasteiger partial charge in [-0.2, -0.15) is 63.6 Å². The average molecular weight is 921 g/mol. The van der Waals surface area contributed by atoms with Crippen molar-refractivity contribution >= 4 is 99.7 Å². The van der Waals surface area contributed by atoms with Gasteiger partial charge in [-0.1, -0.05) is 24.3 Å². The van der Waals surface area contributed by atoms with Gasteiger partial charge in [0.15, 0.2) is 0 Å². The summed E-state index contributed by atoms with van der Waals surface area (Å²) in [6.45, 7) is 2.33. The molecule has 0 aliphatic rings. The molecule has 0 aliphatic heterocycles. The highest BCUT2D eigenvalue weighted by Gasteiger charge is 2.19. The molecule has 0 saturated carbocycles. The third kappa shape index (κ3) is 16.0. The van der Waals surface area contributed by atoms with Gasteiger partial charge in [0, 0.05) is 37.6 Å². The second-order valence-electron chi connectivity index (χ2n) is 12.5. The summed E-state index contributed by atoms with van der Waals surface area (Å²) in [7, 11) is -18.6. The van der Waals surface area contributed by atoms with Crippen molar-refractivity contribution in [3.63, 3.8) is 0 Å². The molecule has 60 heavy (non-hydrogen) atoms. The van der Waals surface area contributed by atoms with Gasteiger partial charge in [0.2, 0.25) is 35.7 Å². The summed E-state index contributed by atoms with van der Waals surface area (Å²) in [5.74, 6) is -2.32. The van der Waals surface area contributed by atoms with E-state index >= 15 is 0 Å². The summed E-state index contributed by atoms with van der Waals surface area (Å²) < 4.78 is 133. The van der Waals surface area contributed by atoms with E-state index < -0.39 is 74.0 Å². The van der Waals surface area contributed by atoms with Crippen molar-refractivity contribution < 1.29 is 62.1 Å². The number of benzene rings is 2. The maximum Gasteiger partial charge on any atom is 0.295 e. The average Bonchev–Trinajstić information content (AvgIpc) is 3.11. The topological polar surface area (TPSA) is 407 Å². The molecule has 0 amide bonds. The van der Waals surface area contributed by atoms with Gasteiger partial charge >= 0.3 is 0 Å². The molecule has 0 saturated heterocycles. The third-order valence-corrected chi connectivity index (χ3v) is 10.5. The summed E-state index contributed by atoms with van der Waals surface area (Å²) >= 11 is 0. The molecule has 4 rings (SSSR count). The predicted octanol–water partition coefficient (Wildman–Crippen LogP) is 0.392. The Balaban J connectivity index is 1.64. The van der Waals surface area contributed by atoms with Crippen LogP contribution in [0.1, 0.15) is 25.0 Å². The van der Waals surface area contributed by atoms with Gasteiger partial charge in [0.05, 0.1) is 23.7 Å². The minimum Gasteiger partial charge on any atom is -0.392 e. The maximum absolute atomic E-state index is 12.5. The molecule has 30 heteroatoms. The Morgan fingerprint density at radius 2 is 0.833 bits per heavy atom. The van der Waals surface area contributed by atoms with Crippen molar-refractivity contribution in [3.8, 4) is 0 Å². The Bertz CT molecular complexity index is 2470. The summed E-state index contributed by atoms with van der Waals surface area (Å²) in [6.07, 6.45) is 0.615. The van der Waals surface area contributed by atoms with Crippen molar-refractivity contribution in [2.75, 3.05) is 69.6 Å². The first-order valence-corrected chi connectivity index (χ1v) is 23.1. The molecule has 0 fully saturated rings. The van der Waals surface area contributed by atoms with Gasteiger partial charge in [0.1, 0.15) is 9.79 Å². The molecule has 0 bridgehead atoms. The van der Waals surface area contributed by atoms with Crippen LogP contribution in [0.2, 0.25) is 0 Å². The molecule has 4 aromatic rings. The van der Waals surface area contributed by atoms with Crippen LogP contribution in [0.4, 0.5) is 47.1 Å². The molecule has 2 heterocycles. The predicted molar refractivity (Wildman–Crippen MR) is 218 cm³/mol. The fourth-order valence-electron chi connectivity index (χ4n) is 4.63. The van der Waals surface area contributed by atoms with Crippen molar-refractivity contribution in [1.82, 2.24) is 29.9 Å². The molecular weight excluding hydrogens is 881 g/mol. The lowest BCUT2D eigenvalue weighted by Gasteiger charge is -2.13. The molecule has 328 valence electrons. The smallest absolute Gasteiger partial charge is 0.295 e. The van der Waals surface area contributed by atoms with Gasteiger partial charge in [-0.15, -0.1) is 0 Å². The maximum atomic E-state index is 12.5. The first-order chi connectivity index (χ1) is 27.8. The van der Waals surface area contributed by atoms with Gasteiger partial charge in [0.25, 0.3) is 40.5 Å². The second-order valence-corrected chi connectivity index (χ2v) is 18.5. The molecule has 2 aromatic heterocycles. The van der Waals surface area contributed by atoms with Gasteiger partial charge in [-0.25, -0.2) is 0 Å². The highest BCUT2D eigenvalue weighted by Crippen LogP contribution is 2.28. The number of anilines is 8. The minimum absolute atomic E-state index is 0.00439. The molecule has 2 unspecified atom stereocenters. The largest absolute Gasteiger partial charge is 0.392 e. The zero-order valence-corrected chi connectivity index (χ0v) is 34.5. The first-order valence-electron chi connectivity index (χ1n) is 17.0. The number of rotatable bonds is 22. The van der Waals surface area contributed by atoms with Gasteiger partial charge < -0.3 is 42.1 Å². The van der Waals surface area contributed by atoms with Crippen LogP contribution in [0.5, 0.6) is 0 Å². The number of hydrogen-bond donors (Lipinski definition) is 12. The number of nitrogens with zero attached hydrogens (tertiary/aromatic N) is 6. The van der Waals surface area contributed by atoms with Crippen LogP contribution < -0.4 is 31.9 Å². The number of aliphatic hydroxyl groups excluding tert-OH is 2.